The van der Waals surface area contributed by atoms with Crippen LogP contribution in [0, 0.1) is 0 Å². The molecule has 0 fully saturated rings. The number of esters is 1. The molecule has 0 aromatic heterocycles. The van der Waals surface area contributed by atoms with Gasteiger partial charge in [0.1, 0.15) is 5.25 Å². The predicted molar refractivity (Wildman–Crippen MR) is 72.2 cm³/mol. The van der Waals surface area contributed by atoms with E-state index in [1.54, 1.807) is 11.8 Å². The molecule has 0 radical (unpaired) electrons. The molecule has 0 saturated carbocycles. The van der Waals surface area contributed by atoms with Gasteiger partial charge in [0.25, 0.3) is 0 Å². The largest absolute Gasteiger partial charge is 0.465 e. The van der Waals surface area contributed by atoms with Gasteiger partial charge in [-0.1, -0.05) is 26.2 Å². The first-order valence-electron chi connectivity index (χ1n) is 6.60. The topological polar surface area (TPSA) is 26.3 Å². The molecule has 0 bridgehead atoms. The molecule has 1 atom stereocenters. The number of hydrogen-bond acceptors (Lipinski definition) is 3. The van der Waals surface area contributed by atoms with Gasteiger partial charge < -0.3 is 4.74 Å². The second-order valence-electron chi connectivity index (χ2n) is 4.00. The third-order valence-electron chi connectivity index (χ3n) is 2.47. The molecule has 0 N–H and O–H groups in total. The van der Waals surface area contributed by atoms with Gasteiger partial charge in [0.2, 0.25) is 0 Å². The molecule has 0 aliphatic carbocycles. The summed E-state index contributed by atoms with van der Waals surface area (Å²) in [4.78, 5) is 11.7. The highest BCUT2D eigenvalue weighted by Gasteiger charge is 2.19. The zero-order valence-electron chi connectivity index (χ0n) is 11.0. The molecule has 4 heteroatoms. The summed E-state index contributed by atoms with van der Waals surface area (Å²) in [5.74, 6) is 0.744. The maximum atomic E-state index is 11.9. The summed E-state index contributed by atoms with van der Waals surface area (Å²) in [6.07, 6.45) is 5.69. The average Bonchev–Trinajstić information content (AvgIpc) is 2.32. The van der Waals surface area contributed by atoms with Crippen LogP contribution in [-0.2, 0) is 9.53 Å². The number of thioether (sulfide) groups is 1. The molecule has 1 unspecified atom stereocenters. The summed E-state index contributed by atoms with van der Waals surface area (Å²) < 4.78 is 17.0. The Morgan fingerprint density at radius 1 is 1.24 bits per heavy atom. The van der Waals surface area contributed by atoms with Crippen LogP contribution in [0.15, 0.2) is 0 Å². The molecule has 102 valence electrons. The highest BCUT2D eigenvalue weighted by Crippen LogP contribution is 2.21. The van der Waals surface area contributed by atoms with Crippen molar-refractivity contribution in [3.05, 3.63) is 0 Å². The smallest absolute Gasteiger partial charge is 0.319 e. The molecule has 0 aromatic rings. The summed E-state index contributed by atoms with van der Waals surface area (Å²) >= 11 is 1.62. The highest BCUT2D eigenvalue weighted by molar-refractivity contribution is 8.00. The van der Waals surface area contributed by atoms with Crippen LogP contribution in [-0.4, -0.2) is 30.3 Å². The monoisotopic (exact) mass is 264 g/mol. The second-order valence-corrected chi connectivity index (χ2v) is 5.31. The number of alkyl halides is 1. The number of unbranched alkanes of at least 4 members (excludes halogenated alkanes) is 3. The van der Waals surface area contributed by atoms with Crippen LogP contribution in [0.4, 0.5) is 4.39 Å². The van der Waals surface area contributed by atoms with Crippen molar-refractivity contribution in [1.29, 1.82) is 0 Å². The zero-order valence-corrected chi connectivity index (χ0v) is 11.9. The first-order chi connectivity index (χ1) is 8.26. The number of carbonyl (C=O) groups excluding carboxylic acids is 1. The van der Waals surface area contributed by atoms with E-state index in [0.29, 0.717) is 13.0 Å². The molecular weight excluding hydrogens is 239 g/mol. The minimum absolute atomic E-state index is 0.0545. The minimum Gasteiger partial charge on any atom is -0.465 e. The first-order valence-corrected chi connectivity index (χ1v) is 7.65. The van der Waals surface area contributed by atoms with Gasteiger partial charge in [-0.2, -0.15) is 0 Å². The van der Waals surface area contributed by atoms with E-state index in [9.17, 15) is 9.18 Å². The van der Waals surface area contributed by atoms with Crippen LogP contribution in [0.5, 0.6) is 0 Å². The van der Waals surface area contributed by atoms with Crippen molar-refractivity contribution >= 4 is 17.7 Å². The number of rotatable bonds is 11. The third kappa shape index (κ3) is 9.45. The van der Waals surface area contributed by atoms with E-state index in [2.05, 4.69) is 6.92 Å². The zero-order chi connectivity index (χ0) is 12.9. The van der Waals surface area contributed by atoms with Gasteiger partial charge in [-0.25, -0.2) is 0 Å². The number of hydrogen-bond donors (Lipinski definition) is 0. The van der Waals surface area contributed by atoms with Gasteiger partial charge in [0.15, 0.2) is 0 Å². The van der Waals surface area contributed by atoms with Crippen molar-refractivity contribution in [3.63, 3.8) is 0 Å². The van der Waals surface area contributed by atoms with Gasteiger partial charge >= 0.3 is 5.97 Å². The molecular formula is C13H25FO2S. The Morgan fingerprint density at radius 2 is 2.00 bits per heavy atom. The van der Waals surface area contributed by atoms with E-state index < -0.39 is 0 Å². The lowest BCUT2D eigenvalue weighted by atomic mass is 10.1. The minimum atomic E-state index is -0.263. The van der Waals surface area contributed by atoms with E-state index in [0.717, 1.165) is 37.9 Å². The fraction of sp³-hybridized carbons (Fsp3) is 0.923. The number of ether oxygens (including phenoxy) is 1. The van der Waals surface area contributed by atoms with Gasteiger partial charge in [-0.15, -0.1) is 11.8 Å². The molecule has 0 saturated heterocycles. The first kappa shape index (κ1) is 16.8. The van der Waals surface area contributed by atoms with Crippen molar-refractivity contribution in [1.82, 2.24) is 0 Å². The lowest BCUT2D eigenvalue weighted by molar-refractivity contribution is -0.142. The Labute approximate surface area is 109 Å². The lowest BCUT2D eigenvalue weighted by Crippen LogP contribution is -2.20. The van der Waals surface area contributed by atoms with Crippen molar-refractivity contribution in [2.75, 3.05) is 19.0 Å². The lowest BCUT2D eigenvalue weighted by Gasteiger charge is -2.14. The Bertz CT molecular complexity index is 188. The highest BCUT2D eigenvalue weighted by atomic mass is 32.2. The van der Waals surface area contributed by atoms with Gasteiger partial charge in [-0.05, 0) is 31.9 Å². The van der Waals surface area contributed by atoms with Gasteiger partial charge in [0, 0.05) is 0 Å². The summed E-state index contributed by atoms with van der Waals surface area (Å²) in [5.41, 5.74) is 0. The van der Waals surface area contributed by atoms with Crippen molar-refractivity contribution < 1.29 is 13.9 Å². The molecule has 0 aliphatic heterocycles. The molecule has 2 nitrogen and oxygen atoms in total. The van der Waals surface area contributed by atoms with Crippen LogP contribution >= 0.6 is 11.8 Å². The van der Waals surface area contributed by atoms with Crippen LogP contribution < -0.4 is 0 Å². The van der Waals surface area contributed by atoms with Crippen molar-refractivity contribution in [2.24, 2.45) is 0 Å². The Kier molecular flexibility index (Phi) is 12.0. The maximum Gasteiger partial charge on any atom is 0.319 e. The van der Waals surface area contributed by atoms with Gasteiger partial charge in [0.05, 0.1) is 13.3 Å². The van der Waals surface area contributed by atoms with Crippen LogP contribution in [0.2, 0.25) is 0 Å². The van der Waals surface area contributed by atoms with Crippen molar-refractivity contribution in [2.45, 2.75) is 57.6 Å². The second kappa shape index (κ2) is 12.2. The molecule has 0 aromatic carbocycles. The summed E-state index contributed by atoms with van der Waals surface area (Å²) in [7, 11) is 0. The average molecular weight is 264 g/mol. The fourth-order valence-electron chi connectivity index (χ4n) is 1.51. The molecule has 0 rings (SSSR count). The van der Waals surface area contributed by atoms with Crippen LogP contribution in [0.1, 0.15) is 52.4 Å². The van der Waals surface area contributed by atoms with Crippen molar-refractivity contribution in [3.8, 4) is 0 Å². The van der Waals surface area contributed by atoms with E-state index in [1.807, 2.05) is 6.92 Å². The van der Waals surface area contributed by atoms with E-state index in [-0.39, 0.29) is 17.9 Å². The van der Waals surface area contributed by atoms with E-state index in [1.165, 1.54) is 0 Å². The van der Waals surface area contributed by atoms with Crippen LogP contribution in [0.3, 0.4) is 0 Å². The molecule has 0 amide bonds. The molecule has 0 aliphatic rings. The molecule has 0 heterocycles. The fourth-order valence-corrected chi connectivity index (χ4v) is 2.70. The SMILES string of the molecule is CCCCCC(SCCCCF)C(=O)OCC. The standard InChI is InChI=1S/C13H25FO2S/c1-3-5-6-9-12(13(15)16-4-2)17-11-8-7-10-14/h12H,3-11H2,1-2H3. The number of halogens is 1. The molecule has 0 spiro atoms. The maximum absolute atomic E-state index is 11.9. The quantitative estimate of drug-likeness (QED) is 0.417. The van der Waals surface area contributed by atoms with Crippen LogP contribution in [0.25, 0.3) is 0 Å². The third-order valence-corrected chi connectivity index (χ3v) is 3.82. The van der Waals surface area contributed by atoms with E-state index in [4.69, 9.17) is 4.74 Å². The Hall–Kier alpha value is -0.250. The summed E-state index contributed by atoms with van der Waals surface area (Å²) in [6.45, 7) is 4.15. The predicted octanol–water partition coefficient (Wildman–Crippen LogP) is 3.98. The Balaban J connectivity index is 3.87. The normalized spacial score (nSPS) is 12.4. The molecule has 17 heavy (non-hydrogen) atoms. The van der Waals surface area contributed by atoms with E-state index >= 15 is 0 Å². The number of carbonyl (C=O) groups is 1. The summed E-state index contributed by atoms with van der Waals surface area (Å²) in [6, 6.07) is 0. The van der Waals surface area contributed by atoms with Gasteiger partial charge in [-0.3, -0.25) is 9.18 Å². The Morgan fingerprint density at radius 3 is 2.59 bits per heavy atom. The summed E-state index contributed by atoms with van der Waals surface area (Å²) in [5, 5.41) is -0.0545.